The van der Waals surface area contributed by atoms with E-state index in [1.807, 2.05) is 6.08 Å². The van der Waals surface area contributed by atoms with E-state index in [1.54, 1.807) is 5.37 Å². The molecule has 0 unspecified atom stereocenters. The van der Waals surface area contributed by atoms with Crippen LogP contribution in [0.5, 0.6) is 0 Å². The summed E-state index contributed by atoms with van der Waals surface area (Å²) >= 11 is 4.65. The second-order valence-corrected chi connectivity index (χ2v) is 3.12. The van der Waals surface area contributed by atoms with E-state index < -0.39 is 0 Å². The molecular formula is C10H18OS. The number of aliphatic hydroxyl groups excluding tert-OH is 1. The van der Waals surface area contributed by atoms with Gasteiger partial charge in [0.1, 0.15) is 0 Å². The summed E-state index contributed by atoms with van der Waals surface area (Å²) < 4.78 is 0. The van der Waals surface area contributed by atoms with Crippen molar-refractivity contribution in [2.45, 2.75) is 38.5 Å². The second kappa shape index (κ2) is 10.8. The second-order valence-electron chi connectivity index (χ2n) is 2.84. The van der Waals surface area contributed by atoms with Crippen LogP contribution in [-0.4, -0.2) is 17.1 Å². The quantitative estimate of drug-likeness (QED) is 0.357. The molecule has 1 nitrogen and oxygen atoms in total. The van der Waals surface area contributed by atoms with E-state index in [0.29, 0.717) is 6.61 Å². The van der Waals surface area contributed by atoms with E-state index in [4.69, 9.17) is 5.11 Å². The van der Waals surface area contributed by atoms with Crippen LogP contribution in [0, 0.1) is 0 Å². The zero-order valence-electron chi connectivity index (χ0n) is 7.54. The minimum Gasteiger partial charge on any atom is -0.396 e. The molecule has 0 saturated heterocycles. The van der Waals surface area contributed by atoms with Crippen LogP contribution in [0.4, 0.5) is 0 Å². The molecule has 0 saturated carbocycles. The van der Waals surface area contributed by atoms with Gasteiger partial charge >= 0.3 is 0 Å². The molecule has 12 heavy (non-hydrogen) atoms. The predicted molar refractivity (Wildman–Crippen MR) is 57.6 cm³/mol. The van der Waals surface area contributed by atoms with Crippen molar-refractivity contribution < 1.29 is 5.11 Å². The standard InChI is InChI=1S/C10H18OS/c11-9-7-5-3-1-2-4-6-8-10-12/h6,8,10-11H,1-5,7,9H2. The van der Waals surface area contributed by atoms with Gasteiger partial charge in [0.15, 0.2) is 0 Å². The topological polar surface area (TPSA) is 20.2 Å². The van der Waals surface area contributed by atoms with Crippen molar-refractivity contribution in [2.24, 2.45) is 0 Å². The fourth-order valence-electron chi connectivity index (χ4n) is 1.06. The Balaban J connectivity index is 2.90. The number of hydrogen-bond acceptors (Lipinski definition) is 2. The Morgan fingerprint density at radius 2 is 1.67 bits per heavy atom. The summed E-state index contributed by atoms with van der Waals surface area (Å²) in [6.45, 7) is 0.338. The van der Waals surface area contributed by atoms with E-state index in [-0.39, 0.29) is 0 Å². The van der Waals surface area contributed by atoms with Gasteiger partial charge in [-0.3, -0.25) is 0 Å². The zero-order valence-corrected chi connectivity index (χ0v) is 8.35. The van der Waals surface area contributed by atoms with Gasteiger partial charge in [-0.25, -0.2) is 0 Å². The molecule has 0 aromatic carbocycles. The van der Waals surface area contributed by atoms with Crippen molar-refractivity contribution in [1.29, 1.82) is 0 Å². The minimum absolute atomic E-state index is 0.338. The Morgan fingerprint density at radius 1 is 1.00 bits per heavy atom. The molecule has 70 valence electrons. The van der Waals surface area contributed by atoms with Crippen LogP contribution in [0.1, 0.15) is 38.5 Å². The molecular weight excluding hydrogens is 168 g/mol. The van der Waals surface area contributed by atoms with Gasteiger partial charge < -0.3 is 5.11 Å². The monoisotopic (exact) mass is 186 g/mol. The highest BCUT2D eigenvalue weighted by Gasteiger charge is 1.87. The van der Waals surface area contributed by atoms with Crippen LogP contribution in [0.25, 0.3) is 0 Å². The largest absolute Gasteiger partial charge is 0.396 e. The van der Waals surface area contributed by atoms with Gasteiger partial charge in [-0.2, -0.15) is 0 Å². The number of hydrogen-bond donors (Lipinski definition) is 1. The Kier molecular flexibility index (Phi) is 10.6. The SMILES string of the molecule is OCCCCCCCC=CC=S. The molecule has 0 amide bonds. The summed E-state index contributed by atoms with van der Waals surface area (Å²) in [6, 6.07) is 0. The lowest BCUT2D eigenvalue weighted by atomic mass is 10.1. The van der Waals surface area contributed by atoms with Gasteiger partial charge in [0.25, 0.3) is 0 Å². The fraction of sp³-hybridized carbons (Fsp3) is 0.700. The van der Waals surface area contributed by atoms with Gasteiger partial charge in [-0.1, -0.05) is 43.6 Å². The average molecular weight is 186 g/mol. The highest BCUT2D eigenvalue weighted by atomic mass is 32.1. The lowest BCUT2D eigenvalue weighted by Gasteiger charge is -1.96. The molecule has 0 aliphatic rings. The minimum atomic E-state index is 0.338. The zero-order chi connectivity index (χ0) is 9.07. The van der Waals surface area contributed by atoms with E-state index in [2.05, 4.69) is 18.3 Å². The summed E-state index contributed by atoms with van der Waals surface area (Å²) in [6.07, 6.45) is 11.0. The third kappa shape index (κ3) is 9.79. The molecule has 0 aliphatic carbocycles. The molecule has 0 bridgehead atoms. The first-order valence-corrected chi connectivity index (χ1v) is 5.10. The molecule has 0 spiro atoms. The molecule has 0 heterocycles. The van der Waals surface area contributed by atoms with Crippen molar-refractivity contribution in [3.05, 3.63) is 12.2 Å². The molecule has 1 N–H and O–H groups in total. The highest BCUT2D eigenvalue weighted by Crippen LogP contribution is 2.04. The van der Waals surface area contributed by atoms with Crippen LogP contribution in [-0.2, 0) is 0 Å². The van der Waals surface area contributed by atoms with Gasteiger partial charge in [0.2, 0.25) is 0 Å². The van der Waals surface area contributed by atoms with Crippen LogP contribution in [0.15, 0.2) is 12.2 Å². The third-order valence-electron chi connectivity index (χ3n) is 1.74. The summed E-state index contributed by atoms with van der Waals surface area (Å²) in [5, 5.41) is 10.2. The maximum absolute atomic E-state index is 8.51. The van der Waals surface area contributed by atoms with Crippen molar-refractivity contribution in [3.8, 4) is 0 Å². The van der Waals surface area contributed by atoms with E-state index in [1.165, 1.54) is 19.3 Å². The number of aliphatic hydroxyl groups is 1. The first-order valence-electron chi connectivity index (χ1n) is 4.63. The summed E-state index contributed by atoms with van der Waals surface area (Å²) in [4.78, 5) is 0. The first-order chi connectivity index (χ1) is 5.91. The summed E-state index contributed by atoms with van der Waals surface area (Å²) in [5.41, 5.74) is 0. The Hall–Kier alpha value is -0.210. The number of rotatable bonds is 8. The Labute approximate surface area is 80.5 Å². The number of allylic oxidation sites excluding steroid dienone is 2. The van der Waals surface area contributed by atoms with Crippen LogP contribution >= 0.6 is 12.2 Å². The smallest absolute Gasteiger partial charge is 0.0431 e. The molecule has 0 fully saturated rings. The van der Waals surface area contributed by atoms with Crippen molar-refractivity contribution >= 4 is 17.6 Å². The average Bonchev–Trinajstić information content (AvgIpc) is 2.10. The predicted octanol–water partition coefficient (Wildman–Crippen LogP) is 2.88. The van der Waals surface area contributed by atoms with Crippen molar-refractivity contribution in [2.75, 3.05) is 6.61 Å². The highest BCUT2D eigenvalue weighted by molar-refractivity contribution is 7.79. The van der Waals surface area contributed by atoms with Gasteiger partial charge in [-0.15, -0.1) is 0 Å². The number of unbranched alkanes of at least 4 members (excludes halogenated alkanes) is 5. The summed E-state index contributed by atoms with van der Waals surface area (Å²) in [7, 11) is 0. The maximum atomic E-state index is 8.51. The molecule has 0 atom stereocenters. The number of thiocarbonyl (C=S) groups is 1. The molecule has 2 heteroatoms. The Bertz CT molecular complexity index is 121. The van der Waals surface area contributed by atoms with E-state index in [9.17, 15) is 0 Å². The molecule has 0 aliphatic heterocycles. The molecule has 0 aromatic heterocycles. The maximum Gasteiger partial charge on any atom is 0.0431 e. The van der Waals surface area contributed by atoms with Crippen molar-refractivity contribution in [3.63, 3.8) is 0 Å². The normalized spacial score (nSPS) is 10.8. The van der Waals surface area contributed by atoms with Crippen molar-refractivity contribution in [1.82, 2.24) is 0 Å². The lowest BCUT2D eigenvalue weighted by molar-refractivity contribution is 0.282. The summed E-state index contributed by atoms with van der Waals surface area (Å²) in [5.74, 6) is 0. The van der Waals surface area contributed by atoms with Gasteiger partial charge in [-0.05, 0) is 19.3 Å². The molecule has 0 radical (unpaired) electrons. The van der Waals surface area contributed by atoms with Crippen LogP contribution < -0.4 is 0 Å². The molecule has 0 aromatic rings. The Morgan fingerprint density at radius 3 is 2.33 bits per heavy atom. The third-order valence-corrected chi connectivity index (χ3v) is 1.90. The molecule has 0 rings (SSSR count). The fourth-order valence-corrected chi connectivity index (χ4v) is 1.17. The van der Waals surface area contributed by atoms with Gasteiger partial charge in [0, 0.05) is 12.0 Å². The lowest BCUT2D eigenvalue weighted by Crippen LogP contribution is -1.83. The van der Waals surface area contributed by atoms with E-state index in [0.717, 1.165) is 19.3 Å². The van der Waals surface area contributed by atoms with Crippen LogP contribution in [0.3, 0.4) is 0 Å². The van der Waals surface area contributed by atoms with E-state index >= 15 is 0 Å². The van der Waals surface area contributed by atoms with Gasteiger partial charge in [0.05, 0.1) is 0 Å². The first kappa shape index (κ1) is 11.8. The van der Waals surface area contributed by atoms with Crippen LogP contribution in [0.2, 0.25) is 0 Å².